The Morgan fingerprint density at radius 2 is 2.20 bits per heavy atom. The smallest absolute Gasteiger partial charge is 0.233 e. The van der Waals surface area contributed by atoms with Gasteiger partial charge in [-0.05, 0) is 44.7 Å². The highest BCUT2D eigenvalue weighted by atomic mass is 32.2. The Hall–Kier alpha value is -1.96. The highest BCUT2D eigenvalue weighted by Crippen LogP contribution is 2.42. The van der Waals surface area contributed by atoms with Crippen LogP contribution in [0, 0.1) is 0 Å². The van der Waals surface area contributed by atoms with Crippen LogP contribution in [-0.4, -0.2) is 39.0 Å². The fraction of sp³-hybridized carbons (Fsp3) is 0.588. The largest absolute Gasteiger partial charge is 0.467 e. The van der Waals surface area contributed by atoms with E-state index in [2.05, 4.69) is 25.0 Å². The molecule has 3 heterocycles. The third-order valence-corrected chi connectivity index (χ3v) is 5.67. The lowest BCUT2D eigenvalue weighted by Crippen LogP contribution is -2.30. The van der Waals surface area contributed by atoms with Gasteiger partial charge in [-0.15, -0.1) is 10.2 Å². The van der Waals surface area contributed by atoms with Crippen LogP contribution in [0.15, 0.2) is 28.0 Å². The van der Waals surface area contributed by atoms with Gasteiger partial charge in [0, 0.05) is 19.1 Å². The summed E-state index contributed by atoms with van der Waals surface area (Å²) in [6.45, 7) is 4.41. The summed E-state index contributed by atoms with van der Waals surface area (Å²) in [5, 5.41) is 12.3. The Morgan fingerprint density at radius 3 is 2.88 bits per heavy atom. The third kappa shape index (κ3) is 3.68. The first-order valence-electron chi connectivity index (χ1n) is 8.89. The number of hydrogen-bond acceptors (Lipinski definition) is 6. The van der Waals surface area contributed by atoms with Crippen LogP contribution < -0.4 is 10.2 Å². The molecule has 134 valence electrons. The van der Waals surface area contributed by atoms with E-state index in [0.29, 0.717) is 12.6 Å². The van der Waals surface area contributed by atoms with Crippen molar-refractivity contribution in [3.8, 4) is 0 Å². The van der Waals surface area contributed by atoms with Crippen molar-refractivity contribution in [3.63, 3.8) is 0 Å². The van der Waals surface area contributed by atoms with Crippen LogP contribution >= 0.6 is 11.8 Å². The average molecular weight is 361 g/mol. The number of thioether (sulfide) groups is 1. The maximum absolute atomic E-state index is 12.4. The molecule has 0 aromatic carbocycles. The zero-order valence-corrected chi connectivity index (χ0v) is 15.2. The normalized spacial score (nSPS) is 18.5. The monoisotopic (exact) mass is 361 g/mol. The predicted molar refractivity (Wildman–Crippen MR) is 95.6 cm³/mol. The Kier molecular flexibility index (Phi) is 4.70. The average Bonchev–Trinajstić information content (AvgIpc) is 3.05. The number of aromatic nitrogens is 3. The second-order valence-electron chi connectivity index (χ2n) is 6.64. The van der Waals surface area contributed by atoms with E-state index in [1.807, 2.05) is 19.1 Å². The van der Waals surface area contributed by atoms with Gasteiger partial charge in [-0.2, -0.15) is 0 Å². The van der Waals surface area contributed by atoms with Crippen molar-refractivity contribution in [2.75, 3.05) is 18.0 Å². The summed E-state index contributed by atoms with van der Waals surface area (Å²) >= 11 is 1.48. The molecule has 0 spiro atoms. The Morgan fingerprint density at radius 1 is 1.40 bits per heavy atom. The molecule has 1 aliphatic heterocycles. The van der Waals surface area contributed by atoms with Crippen LogP contribution in [0.1, 0.15) is 44.4 Å². The molecule has 4 rings (SSSR count). The van der Waals surface area contributed by atoms with E-state index in [9.17, 15) is 4.79 Å². The van der Waals surface area contributed by atoms with Crippen molar-refractivity contribution in [3.05, 3.63) is 24.2 Å². The molecule has 2 aromatic rings. The molecule has 1 aliphatic carbocycles. The van der Waals surface area contributed by atoms with Gasteiger partial charge < -0.3 is 14.6 Å². The van der Waals surface area contributed by atoms with Crippen LogP contribution in [0.2, 0.25) is 0 Å². The highest BCUT2D eigenvalue weighted by molar-refractivity contribution is 8.00. The van der Waals surface area contributed by atoms with Crippen LogP contribution in [0.3, 0.4) is 0 Å². The van der Waals surface area contributed by atoms with Crippen molar-refractivity contribution < 1.29 is 9.21 Å². The second-order valence-corrected chi connectivity index (χ2v) is 7.94. The zero-order chi connectivity index (χ0) is 17.2. The lowest BCUT2D eigenvalue weighted by molar-refractivity contribution is -0.120. The van der Waals surface area contributed by atoms with E-state index < -0.39 is 0 Å². The number of anilines is 1. The number of rotatable bonds is 7. The molecular formula is C17H23N5O2S. The van der Waals surface area contributed by atoms with Crippen molar-refractivity contribution in [2.45, 2.75) is 55.6 Å². The van der Waals surface area contributed by atoms with Gasteiger partial charge >= 0.3 is 0 Å². The van der Waals surface area contributed by atoms with E-state index in [4.69, 9.17) is 4.42 Å². The number of nitrogens with one attached hydrogen (secondary N) is 1. The summed E-state index contributed by atoms with van der Waals surface area (Å²) in [5.74, 6) is 1.71. The van der Waals surface area contributed by atoms with E-state index in [0.717, 1.165) is 30.0 Å². The van der Waals surface area contributed by atoms with Crippen molar-refractivity contribution >= 4 is 23.6 Å². The first-order chi connectivity index (χ1) is 12.2. The van der Waals surface area contributed by atoms with Gasteiger partial charge in [-0.1, -0.05) is 11.8 Å². The molecule has 0 radical (unpaired) electrons. The van der Waals surface area contributed by atoms with Crippen molar-refractivity contribution in [1.29, 1.82) is 0 Å². The minimum Gasteiger partial charge on any atom is -0.467 e. The molecular weight excluding hydrogens is 338 g/mol. The molecule has 1 N–H and O–H groups in total. The van der Waals surface area contributed by atoms with Gasteiger partial charge in [0.25, 0.3) is 0 Å². The summed E-state index contributed by atoms with van der Waals surface area (Å²) in [7, 11) is 0. The highest BCUT2D eigenvalue weighted by Gasteiger charge is 2.33. The van der Waals surface area contributed by atoms with Crippen LogP contribution in [0.4, 0.5) is 5.95 Å². The minimum absolute atomic E-state index is 0.0190. The molecule has 25 heavy (non-hydrogen) atoms. The number of nitrogens with zero attached hydrogens (tertiary/aromatic N) is 4. The topological polar surface area (TPSA) is 76.2 Å². The first kappa shape index (κ1) is 16.5. The van der Waals surface area contributed by atoms with Gasteiger partial charge in [0.05, 0.1) is 18.1 Å². The summed E-state index contributed by atoms with van der Waals surface area (Å²) in [6, 6.07) is 4.16. The standard InChI is InChI=1S/C17H23N5O2S/c1-12(15(23)18-11-14-5-4-10-24-14)25-17-20-19-16(21-8-2-3-9-21)22(17)13-6-7-13/h4-5,10,12-13H,2-3,6-9,11H2,1H3,(H,18,23)/t12-/m1/s1. The molecule has 1 atom stereocenters. The maximum atomic E-state index is 12.4. The van der Waals surface area contributed by atoms with Gasteiger partial charge in [-0.25, -0.2) is 0 Å². The molecule has 8 heteroatoms. The third-order valence-electron chi connectivity index (χ3n) is 4.62. The molecule has 2 aromatic heterocycles. The van der Waals surface area contributed by atoms with E-state index >= 15 is 0 Å². The summed E-state index contributed by atoms with van der Waals surface area (Å²) in [4.78, 5) is 14.7. The molecule has 2 fully saturated rings. The first-order valence-corrected chi connectivity index (χ1v) is 9.77. The number of amides is 1. The van der Waals surface area contributed by atoms with Crippen molar-refractivity contribution in [1.82, 2.24) is 20.1 Å². The van der Waals surface area contributed by atoms with Crippen molar-refractivity contribution in [2.24, 2.45) is 0 Å². The van der Waals surface area contributed by atoms with Gasteiger partial charge in [0.15, 0.2) is 5.16 Å². The molecule has 1 amide bonds. The molecule has 0 unspecified atom stereocenters. The fourth-order valence-electron chi connectivity index (χ4n) is 3.08. The summed E-state index contributed by atoms with van der Waals surface area (Å²) < 4.78 is 7.49. The Balaban J connectivity index is 1.42. The Labute approximate surface area is 151 Å². The number of carbonyl (C=O) groups is 1. The molecule has 7 nitrogen and oxygen atoms in total. The molecule has 0 bridgehead atoms. The number of carbonyl (C=O) groups excluding carboxylic acids is 1. The van der Waals surface area contributed by atoms with Gasteiger partial charge in [0.1, 0.15) is 5.76 Å². The van der Waals surface area contributed by atoms with Crippen LogP contribution in [0.25, 0.3) is 0 Å². The SMILES string of the molecule is C[C@@H](Sc1nnc(N2CCCC2)n1C1CC1)C(=O)NCc1ccco1. The van der Waals surface area contributed by atoms with E-state index in [1.165, 1.54) is 37.4 Å². The number of furan rings is 1. The lowest BCUT2D eigenvalue weighted by Gasteiger charge is -2.18. The molecule has 2 aliphatic rings. The second kappa shape index (κ2) is 7.11. The quantitative estimate of drug-likeness (QED) is 0.764. The zero-order valence-electron chi connectivity index (χ0n) is 14.4. The lowest BCUT2D eigenvalue weighted by atomic mass is 10.4. The minimum atomic E-state index is -0.233. The fourth-order valence-corrected chi connectivity index (χ4v) is 4.02. The van der Waals surface area contributed by atoms with Crippen LogP contribution in [0.5, 0.6) is 0 Å². The van der Waals surface area contributed by atoms with E-state index in [-0.39, 0.29) is 11.2 Å². The summed E-state index contributed by atoms with van der Waals surface area (Å²) in [5.41, 5.74) is 0. The van der Waals surface area contributed by atoms with Gasteiger partial charge in [0.2, 0.25) is 11.9 Å². The molecule has 1 saturated carbocycles. The maximum Gasteiger partial charge on any atom is 0.233 e. The predicted octanol–water partition coefficient (Wildman–Crippen LogP) is 2.60. The summed E-state index contributed by atoms with van der Waals surface area (Å²) in [6.07, 6.45) is 6.38. The van der Waals surface area contributed by atoms with Crippen LogP contribution in [-0.2, 0) is 11.3 Å². The molecule has 1 saturated heterocycles. The Bertz CT molecular complexity index is 719. The number of hydrogen-bond donors (Lipinski definition) is 1. The van der Waals surface area contributed by atoms with E-state index in [1.54, 1.807) is 6.26 Å². The van der Waals surface area contributed by atoms with Gasteiger partial charge in [-0.3, -0.25) is 9.36 Å².